The Kier molecular flexibility index (Phi) is 3.24. The van der Waals surface area contributed by atoms with Crippen LogP contribution in [0.25, 0.3) is 5.65 Å². The lowest BCUT2D eigenvalue weighted by molar-refractivity contribution is 0.193. The van der Waals surface area contributed by atoms with E-state index < -0.39 is 6.09 Å². The Morgan fingerprint density at radius 1 is 1.50 bits per heavy atom. The van der Waals surface area contributed by atoms with Gasteiger partial charge in [0, 0.05) is 0 Å². The lowest BCUT2D eigenvalue weighted by Gasteiger charge is -2.00. The minimum atomic E-state index is -1.18. The first-order chi connectivity index (χ1) is 8.61. The first kappa shape index (κ1) is 12.0. The molecule has 2 aromatic heterocycles. The fourth-order valence-electron chi connectivity index (χ4n) is 1.26. The van der Waals surface area contributed by atoms with Crippen molar-refractivity contribution in [2.45, 2.75) is 6.54 Å². The molecule has 2 heterocycles. The van der Waals surface area contributed by atoms with E-state index in [9.17, 15) is 4.79 Å². The molecule has 3 N–H and O–H groups in total. The van der Waals surface area contributed by atoms with Gasteiger partial charge in [0.25, 0.3) is 0 Å². The zero-order valence-corrected chi connectivity index (χ0v) is 9.53. The minimum absolute atomic E-state index is 0.0547. The normalized spacial score (nSPS) is 11.7. The topological polar surface area (TPSA) is 125 Å². The smallest absolute Gasteiger partial charge is 0.405 e. The van der Waals surface area contributed by atoms with Crippen LogP contribution < -0.4 is 5.32 Å². The standard InChI is InChI=1S/C8H7ClN6O3/c9-7(14-18)4-1-2-5-11-12-6(15(5)13-4)3-10-8(16)17/h1-2,10,18H,3H2,(H,16,17). The highest BCUT2D eigenvalue weighted by atomic mass is 35.5. The van der Waals surface area contributed by atoms with Crippen LogP contribution in [-0.4, -0.2) is 41.4 Å². The number of rotatable bonds is 3. The monoisotopic (exact) mass is 270 g/mol. The Bertz CT molecular complexity index is 624. The maximum atomic E-state index is 10.4. The highest BCUT2D eigenvalue weighted by molar-refractivity contribution is 6.69. The van der Waals surface area contributed by atoms with E-state index >= 15 is 0 Å². The van der Waals surface area contributed by atoms with Crippen molar-refractivity contribution in [2.24, 2.45) is 5.16 Å². The van der Waals surface area contributed by atoms with Crippen LogP contribution in [0.15, 0.2) is 17.3 Å². The lowest BCUT2D eigenvalue weighted by Crippen LogP contribution is -2.22. The van der Waals surface area contributed by atoms with Gasteiger partial charge < -0.3 is 15.6 Å². The molecule has 0 aromatic carbocycles. The second-order valence-electron chi connectivity index (χ2n) is 3.15. The number of hydrogen-bond acceptors (Lipinski definition) is 6. The van der Waals surface area contributed by atoms with Gasteiger partial charge in [-0.3, -0.25) is 0 Å². The summed E-state index contributed by atoms with van der Waals surface area (Å²) in [7, 11) is 0. The Balaban J connectivity index is 2.40. The molecule has 0 unspecified atom stereocenters. The molecular formula is C8H7ClN6O3. The lowest BCUT2D eigenvalue weighted by atomic mass is 10.4. The van der Waals surface area contributed by atoms with E-state index in [0.717, 1.165) is 0 Å². The summed E-state index contributed by atoms with van der Waals surface area (Å²) in [5, 5.41) is 33.4. The summed E-state index contributed by atoms with van der Waals surface area (Å²) in [5.41, 5.74) is 0.631. The summed E-state index contributed by atoms with van der Waals surface area (Å²) in [5.74, 6) is 0.289. The maximum absolute atomic E-state index is 10.4. The minimum Gasteiger partial charge on any atom is -0.465 e. The van der Waals surface area contributed by atoms with Crippen LogP contribution in [0.3, 0.4) is 0 Å². The van der Waals surface area contributed by atoms with E-state index in [0.29, 0.717) is 5.65 Å². The first-order valence-electron chi connectivity index (χ1n) is 4.68. The average Bonchev–Trinajstić information content (AvgIpc) is 2.77. The third-order valence-corrected chi connectivity index (χ3v) is 2.29. The average molecular weight is 271 g/mol. The molecule has 0 aliphatic heterocycles. The van der Waals surface area contributed by atoms with Crippen LogP contribution >= 0.6 is 11.6 Å². The van der Waals surface area contributed by atoms with Crippen LogP contribution in [-0.2, 0) is 6.54 Å². The summed E-state index contributed by atoms with van der Waals surface area (Å²) >= 11 is 5.61. The number of amides is 1. The Morgan fingerprint density at radius 3 is 2.94 bits per heavy atom. The van der Waals surface area contributed by atoms with E-state index in [2.05, 4.69) is 25.8 Å². The highest BCUT2D eigenvalue weighted by Gasteiger charge is 2.10. The molecule has 0 saturated carbocycles. The van der Waals surface area contributed by atoms with Crippen molar-refractivity contribution in [3.8, 4) is 0 Å². The predicted molar refractivity (Wildman–Crippen MR) is 59.8 cm³/mol. The van der Waals surface area contributed by atoms with Gasteiger partial charge in [-0.15, -0.1) is 10.2 Å². The van der Waals surface area contributed by atoms with Gasteiger partial charge in [-0.2, -0.15) is 9.61 Å². The number of carboxylic acid groups (broad SMARTS) is 1. The van der Waals surface area contributed by atoms with Crippen LogP contribution in [0.1, 0.15) is 11.5 Å². The molecule has 0 spiro atoms. The molecule has 0 fully saturated rings. The van der Waals surface area contributed by atoms with Crippen molar-refractivity contribution in [1.29, 1.82) is 0 Å². The number of nitrogens with zero attached hydrogens (tertiary/aromatic N) is 5. The Morgan fingerprint density at radius 2 is 2.28 bits per heavy atom. The third-order valence-electron chi connectivity index (χ3n) is 2.02. The van der Waals surface area contributed by atoms with Gasteiger partial charge >= 0.3 is 6.09 Å². The zero-order chi connectivity index (χ0) is 13.1. The van der Waals surface area contributed by atoms with Crippen molar-refractivity contribution in [3.63, 3.8) is 0 Å². The van der Waals surface area contributed by atoms with E-state index in [1.165, 1.54) is 10.6 Å². The maximum Gasteiger partial charge on any atom is 0.405 e. The Hall–Kier alpha value is -2.42. The van der Waals surface area contributed by atoms with E-state index in [1.807, 2.05) is 0 Å². The van der Waals surface area contributed by atoms with E-state index in [4.69, 9.17) is 21.9 Å². The summed E-state index contributed by atoms with van der Waals surface area (Å²) in [6.45, 7) is -0.0547. The number of fused-ring (bicyclic) bond motifs is 1. The summed E-state index contributed by atoms with van der Waals surface area (Å²) in [4.78, 5) is 10.4. The third kappa shape index (κ3) is 2.30. The number of nitrogens with one attached hydrogen (secondary N) is 1. The summed E-state index contributed by atoms with van der Waals surface area (Å²) in [6, 6.07) is 3.06. The molecule has 0 aliphatic carbocycles. The van der Waals surface area contributed by atoms with Crippen molar-refractivity contribution in [2.75, 3.05) is 0 Å². The number of oxime groups is 1. The van der Waals surface area contributed by atoms with Gasteiger partial charge in [0.15, 0.2) is 16.6 Å². The largest absolute Gasteiger partial charge is 0.465 e. The van der Waals surface area contributed by atoms with Gasteiger partial charge in [-0.25, -0.2) is 4.79 Å². The second-order valence-corrected chi connectivity index (χ2v) is 3.51. The number of aromatic nitrogens is 4. The van der Waals surface area contributed by atoms with Gasteiger partial charge in [-0.1, -0.05) is 16.8 Å². The van der Waals surface area contributed by atoms with Crippen molar-refractivity contribution >= 4 is 28.5 Å². The predicted octanol–water partition coefficient (Wildman–Crippen LogP) is 0.266. The molecule has 0 aliphatic rings. The number of hydrogen-bond donors (Lipinski definition) is 3. The van der Waals surface area contributed by atoms with Crippen LogP contribution in [0, 0.1) is 0 Å². The number of carbonyl (C=O) groups is 1. The molecule has 94 valence electrons. The molecule has 2 aromatic rings. The summed E-state index contributed by atoms with van der Waals surface area (Å²) in [6.07, 6.45) is -1.18. The molecule has 0 bridgehead atoms. The van der Waals surface area contributed by atoms with Crippen LogP contribution in [0.4, 0.5) is 4.79 Å². The summed E-state index contributed by atoms with van der Waals surface area (Å²) < 4.78 is 1.30. The van der Waals surface area contributed by atoms with Crippen molar-refractivity contribution in [1.82, 2.24) is 25.1 Å². The molecular weight excluding hydrogens is 264 g/mol. The molecule has 18 heavy (non-hydrogen) atoms. The van der Waals surface area contributed by atoms with Gasteiger partial charge in [0.1, 0.15) is 5.69 Å². The molecule has 0 atom stereocenters. The SMILES string of the molecule is O=C(O)NCc1nnc2ccc(C(Cl)=NO)nn12. The zero-order valence-electron chi connectivity index (χ0n) is 8.78. The molecule has 10 heteroatoms. The van der Waals surface area contributed by atoms with Gasteiger partial charge in [-0.05, 0) is 12.1 Å². The molecule has 0 saturated heterocycles. The van der Waals surface area contributed by atoms with Crippen LogP contribution in [0.5, 0.6) is 0 Å². The molecule has 0 radical (unpaired) electrons. The number of halogens is 1. The second kappa shape index (κ2) is 4.84. The fraction of sp³-hybridized carbons (Fsp3) is 0.125. The molecule has 1 amide bonds. The fourth-order valence-corrected chi connectivity index (χ4v) is 1.36. The van der Waals surface area contributed by atoms with Gasteiger partial charge in [0.05, 0.1) is 6.54 Å². The van der Waals surface area contributed by atoms with Gasteiger partial charge in [0.2, 0.25) is 0 Å². The first-order valence-corrected chi connectivity index (χ1v) is 5.05. The highest BCUT2D eigenvalue weighted by Crippen LogP contribution is 2.06. The quantitative estimate of drug-likeness (QED) is 0.417. The van der Waals surface area contributed by atoms with E-state index in [1.54, 1.807) is 6.07 Å². The molecule has 9 nitrogen and oxygen atoms in total. The van der Waals surface area contributed by atoms with Crippen molar-refractivity contribution in [3.05, 3.63) is 23.7 Å². The molecule has 2 rings (SSSR count). The van der Waals surface area contributed by atoms with E-state index in [-0.39, 0.29) is 23.2 Å². The van der Waals surface area contributed by atoms with Crippen molar-refractivity contribution < 1.29 is 15.1 Å². The van der Waals surface area contributed by atoms with Crippen LogP contribution in [0.2, 0.25) is 0 Å². The Labute approximate surface area is 105 Å².